The lowest BCUT2D eigenvalue weighted by molar-refractivity contribution is 0.0449. The maximum absolute atomic E-state index is 9.73. The number of hydrogen-bond donors (Lipinski definition) is 0. The summed E-state index contributed by atoms with van der Waals surface area (Å²) in [6.07, 6.45) is 5.40. The van der Waals surface area contributed by atoms with E-state index in [1.54, 1.807) is 0 Å². The van der Waals surface area contributed by atoms with E-state index in [0.29, 0.717) is 0 Å². The predicted molar refractivity (Wildman–Crippen MR) is 45.1 cm³/mol. The third kappa shape index (κ3) is 5.83. The minimum absolute atomic E-state index is 0.0408. The van der Waals surface area contributed by atoms with Gasteiger partial charge in [0.05, 0.1) is 0 Å². The predicted octanol–water partition coefficient (Wildman–Crippen LogP) is 3.04. The van der Waals surface area contributed by atoms with Crippen LogP contribution in [0.5, 0.6) is 0 Å². The molecule has 0 radical (unpaired) electrons. The molecule has 0 aliphatic heterocycles. The van der Waals surface area contributed by atoms with Gasteiger partial charge in [0.2, 0.25) is 0 Å². The Morgan fingerprint density at radius 1 is 1.36 bits per heavy atom. The Kier molecular flexibility index (Phi) is 7.10. The van der Waals surface area contributed by atoms with Gasteiger partial charge >= 0.3 is 0 Å². The van der Waals surface area contributed by atoms with E-state index in [1.807, 2.05) is 6.92 Å². The van der Waals surface area contributed by atoms with Crippen LogP contribution in [0.3, 0.4) is 0 Å². The van der Waals surface area contributed by atoms with Gasteiger partial charge in [0.25, 0.3) is 0 Å². The van der Waals surface area contributed by atoms with Crippen molar-refractivity contribution in [1.29, 1.82) is 0 Å². The first kappa shape index (κ1) is 10.4. The van der Waals surface area contributed by atoms with Gasteiger partial charge in [0.1, 0.15) is 6.10 Å². The fourth-order valence-corrected chi connectivity index (χ4v) is 1.01. The van der Waals surface area contributed by atoms with E-state index in [4.69, 9.17) is 0 Å². The van der Waals surface area contributed by atoms with Crippen molar-refractivity contribution in [2.45, 2.75) is 52.1 Å². The van der Waals surface area contributed by atoms with Crippen molar-refractivity contribution < 1.29 is 4.84 Å². The third-order valence-electron chi connectivity index (χ3n) is 1.78. The van der Waals surface area contributed by atoms with Crippen LogP contribution in [0.25, 0.3) is 0 Å². The molecule has 0 amide bonds. The molecular formula is C8H17NO2. The molecule has 0 aromatic carbocycles. The van der Waals surface area contributed by atoms with E-state index >= 15 is 0 Å². The summed E-state index contributed by atoms with van der Waals surface area (Å²) in [6, 6.07) is 0. The van der Waals surface area contributed by atoms with E-state index in [2.05, 4.69) is 17.1 Å². The Bertz CT molecular complexity index is 96.1. The van der Waals surface area contributed by atoms with Gasteiger partial charge in [-0.15, -0.1) is 4.91 Å². The highest BCUT2D eigenvalue weighted by atomic mass is 16.7. The molecule has 0 spiro atoms. The SMILES string of the molecule is CCCCCC(CC)ON=O. The average Bonchev–Trinajstić information content (AvgIpc) is 2.03. The highest BCUT2D eigenvalue weighted by Crippen LogP contribution is 2.09. The fraction of sp³-hybridized carbons (Fsp3) is 1.00. The van der Waals surface area contributed by atoms with Gasteiger partial charge < -0.3 is 4.84 Å². The molecule has 1 atom stereocenters. The Balaban J connectivity index is 3.27. The van der Waals surface area contributed by atoms with Crippen LogP contribution in [-0.4, -0.2) is 6.10 Å². The van der Waals surface area contributed by atoms with E-state index < -0.39 is 0 Å². The van der Waals surface area contributed by atoms with Gasteiger partial charge in [0.15, 0.2) is 5.34 Å². The fourth-order valence-electron chi connectivity index (χ4n) is 1.01. The van der Waals surface area contributed by atoms with Crippen LogP contribution in [0.4, 0.5) is 0 Å². The van der Waals surface area contributed by atoms with E-state index in [9.17, 15) is 4.91 Å². The zero-order valence-corrected chi connectivity index (χ0v) is 7.38. The average molecular weight is 159 g/mol. The molecule has 0 fully saturated rings. The Morgan fingerprint density at radius 3 is 2.55 bits per heavy atom. The molecule has 3 heteroatoms. The molecule has 0 rings (SSSR count). The molecule has 0 N–H and O–H groups in total. The molecular weight excluding hydrogens is 142 g/mol. The number of rotatable bonds is 7. The van der Waals surface area contributed by atoms with Crippen LogP contribution in [0, 0.1) is 4.91 Å². The van der Waals surface area contributed by atoms with Crippen molar-refractivity contribution in [1.82, 2.24) is 0 Å². The summed E-state index contributed by atoms with van der Waals surface area (Å²) in [6.45, 7) is 4.15. The topological polar surface area (TPSA) is 38.7 Å². The molecule has 0 aromatic heterocycles. The Hall–Kier alpha value is -0.600. The smallest absolute Gasteiger partial charge is 0.155 e. The molecule has 0 aromatic rings. The Labute approximate surface area is 68.1 Å². The lowest BCUT2D eigenvalue weighted by atomic mass is 10.1. The third-order valence-corrected chi connectivity index (χ3v) is 1.78. The van der Waals surface area contributed by atoms with Crippen molar-refractivity contribution in [3.63, 3.8) is 0 Å². The van der Waals surface area contributed by atoms with E-state index in [0.717, 1.165) is 19.3 Å². The van der Waals surface area contributed by atoms with Gasteiger partial charge in [-0.2, -0.15) is 0 Å². The van der Waals surface area contributed by atoms with Crippen LogP contribution >= 0.6 is 0 Å². The molecule has 0 aliphatic rings. The summed E-state index contributed by atoms with van der Waals surface area (Å²) in [4.78, 5) is 14.3. The molecule has 0 saturated carbocycles. The summed E-state index contributed by atoms with van der Waals surface area (Å²) >= 11 is 0. The number of hydrogen-bond acceptors (Lipinski definition) is 3. The van der Waals surface area contributed by atoms with Crippen LogP contribution in [-0.2, 0) is 4.84 Å². The Morgan fingerprint density at radius 2 is 2.09 bits per heavy atom. The first-order valence-corrected chi connectivity index (χ1v) is 4.33. The van der Waals surface area contributed by atoms with Crippen molar-refractivity contribution in [2.24, 2.45) is 5.34 Å². The van der Waals surface area contributed by atoms with Crippen molar-refractivity contribution in [2.75, 3.05) is 0 Å². The largest absolute Gasteiger partial charge is 0.361 e. The molecule has 3 nitrogen and oxygen atoms in total. The minimum Gasteiger partial charge on any atom is -0.361 e. The molecule has 11 heavy (non-hydrogen) atoms. The highest BCUT2D eigenvalue weighted by molar-refractivity contribution is 4.53. The molecule has 1 unspecified atom stereocenters. The number of unbranched alkanes of at least 4 members (excludes halogenated alkanes) is 2. The highest BCUT2D eigenvalue weighted by Gasteiger charge is 2.05. The number of nitrogens with zero attached hydrogens (tertiary/aromatic N) is 1. The van der Waals surface area contributed by atoms with Gasteiger partial charge in [-0.05, 0) is 19.3 Å². The second-order valence-electron chi connectivity index (χ2n) is 2.71. The maximum atomic E-state index is 9.73. The van der Waals surface area contributed by atoms with Crippen molar-refractivity contribution in [3.8, 4) is 0 Å². The summed E-state index contributed by atoms with van der Waals surface area (Å²) in [7, 11) is 0. The van der Waals surface area contributed by atoms with Gasteiger partial charge in [-0.3, -0.25) is 0 Å². The lowest BCUT2D eigenvalue weighted by Crippen LogP contribution is -2.07. The quantitative estimate of drug-likeness (QED) is 0.325. The molecule has 0 saturated heterocycles. The summed E-state index contributed by atoms with van der Waals surface area (Å²) in [5.74, 6) is 0. The van der Waals surface area contributed by atoms with E-state index in [-0.39, 0.29) is 6.10 Å². The normalized spacial score (nSPS) is 12.5. The van der Waals surface area contributed by atoms with Gasteiger partial charge in [-0.25, -0.2) is 0 Å². The summed E-state index contributed by atoms with van der Waals surface area (Å²) < 4.78 is 0. The van der Waals surface area contributed by atoms with E-state index in [1.165, 1.54) is 12.8 Å². The minimum atomic E-state index is 0.0408. The van der Waals surface area contributed by atoms with Crippen LogP contribution in [0.1, 0.15) is 46.0 Å². The molecule has 0 aliphatic carbocycles. The van der Waals surface area contributed by atoms with Crippen molar-refractivity contribution in [3.05, 3.63) is 4.91 Å². The summed E-state index contributed by atoms with van der Waals surface area (Å²) in [5.41, 5.74) is 0. The molecule has 66 valence electrons. The summed E-state index contributed by atoms with van der Waals surface area (Å²) in [5, 5.41) is 2.44. The second-order valence-corrected chi connectivity index (χ2v) is 2.71. The van der Waals surface area contributed by atoms with Crippen LogP contribution < -0.4 is 0 Å². The van der Waals surface area contributed by atoms with Gasteiger partial charge in [0, 0.05) is 0 Å². The zero-order chi connectivity index (χ0) is 8.53. The second kappa shape index (κ2) is 7.51. The lowest BCUT2D eigenvalue weighted by Gasteiger charge is -2.08. The first-order valence-electron chi connectivity index (χ1n) is 4.33. The first-order chi connectivity index (χ1) is 5.35. The molecule has 0 heterocycles. The molecule has 0 bridgehead atoms. The van der Waals surface area contributed by atoms with Crippen LogP contribution in [0.2, 0.25) is 0 Å². The monoisotopic (exact) mass is 159 g/mol. The maximum Gasteiger partial charge on any atom is 0.155 e. The zero-order valence-electron chi connectivity index (χ0n) is 7.38. The van der Waals surface area contributed by atoms with Gasteiger partial charge in [-0.1, -0.05) is 26.7 Å². The van der Waals surface area contributed by atoms with Crippen molar-refractivity contribution >= 4 is 0 Å². The van der Waals surface area contributed by atoms with Crippen LogP contribution in [0.15, 0.2) is 5.34 Å². The standard InChI is InChI=1S/C8H17NO2/c1-3-5-6-7-8(4-2)11-9-10/h8H,3-7H2,1-2H3.